The molecule has 3 aromatic rings. The normalized spacial score (nSPS) is 19.5. The van der Waals surface area contributed by atoms with Gasteiger partial charge in [0.05, 0.1) is 19.7 Å². The van der Waals surface area contributed by atoms with Gasteiger partial charge in [-0.15, -0.1) is 11.8 Å². The second-order valence-electron chi connectivity index (χ2n) is 9.14. The molecule has 1 fully saturated rings. The molecular formula is C28H35FN2O3S. The van der Waals surface area contributed by atoms with E-state index in [2.05, 4.69) is 22.0 Å². The molecule has 0 unspecified atom stereocenters. The number of aromatic nitrogens is 1. The molecular weight excluding hydrogens is 463 g/mol. The average molecular weight is 499 g/mol. The smallest absolute Gasteiger partial charge is 0.126 e. The van der Waals surface area contributed by atoms with Crippen molar-refractivity contribution in [3.05, 3.63) is 60.3 Å². The number of benzene rings is 2. The van der Waals surface area contributed by atoms with Crippen molar-refractivity contribution in [2.75, 3.05) is 46.2 Å². The summed E-state index contributed by atoms with van der Waals surface area (Å²) in [5.74, 6) is 3.11. The Hall–Kier alpha value is -2.35. The summed E-state index contributed by atoms with van der Waals surface area (Å²) in [7, 11) is 3.29. The first-order chi connectivity index (χ1) is 17.1. The third kappa shape index (κ3) is 6.66. The molecule has 0 saturated carbocycles. The maximum absolute atomic E-state index is 15.4. The lowest BCUT2D eigenvalue weighted by molar-refractivity contribution is 0.0672. The van der Waals surface area contributed by atoms with Gasteiger partial charge < -0.3 is 19.5 Å². The van der Waals surface area contributed by atoms with E-state index in [0.29, 0.717) is 23.7 Å². The molecule has 1 aliphatic rings. The van der Waals surface area contributed by atoms with E-state index in [1.165, 1.54) is 4.90 Å². The van der Waals surface area contributed by atoms with Crippen LogP contribution >= 0.6 is 11.8 Å². The minimum absolute atomic E-state index is 0.152. The number of piperidine rings is 1. The molecule has 1 saturated heterocycles. The molecule has 1 aliphatic heterocycles. The number of rotatable bonds is 11. The summed E-state index contributed by atoms with van der Waals surface area (Å²) in [6, 6.07) is 15.5. The van der Waals surface area contributed by atoms with Gasteiger partial charge in [-0.2, -0.15) is 0 Å². The van der Waals surface area contributed by atoms with Crippen molar-refractivity contribution < 1.29 is 19.0 Å². The highest BCUT2D eigenvalue weighted by atomic mass is 32.2. The first-order valence-corrected chi connectivity index (χ1v) is 13.3. The van der Waals surface area contributed by atoms with Gasteiger partial charge >= 0.3 is 0 Å². The summed E-state index contributed by atoms with van der Waals surface area (Å²) in [4.78, 5) is 8.03. The molecule has 35 heavy (non-hydrogen) atoms. The van der Waals surface area contributed by atoms with E-state index in [-0.39, 0.29) is 12.5 Å². The van der Waals surface area contributed by atoms with Crippen molar-refractivity contribution >= 4 is 22.7 Å². The lowest BCUT2D eigenvalue weighted by Crippen LogP contribution is -2.43. The Labute approximate surface area is 211 Å². The van der Waals surface area contributed by atoms with Gasteiger partial charge in [0.25, 0.3) is 0 Å². The first-order valence-electron chi connectivity index (χ1n) is 12.3. The number of methoxy groups -OCH3 is 2. The Kier molecular flexibility index (Phi) is 9.24. The van der Waals surface area contributed by atoms with Crippen LogP contribution in [0.15, 0.2) is 59.6 Å². The minimum Gasteiger partial charge on any atom is -0.497 e. The molecule has 3 atom stereocenters. The van der Waals surface area contributed by atoms with Crippen molar-refractivity contribution in [1.82, 2.24) is 9.88 Å². The van der Waals surface area contributed by atoms with E-state index < -0.39 is 6.17 Å². The van der Waals surface area contributed by atoms with Crippen molar-refractivity contribution in [3.63, 3.8) is 0 Å². The van der Waals surface area contributed by atoms with Crippen LogP contribution in [-0.2, 0) is 0 Å². The van der Waals surface area contributed by atoms with Crippen LogP contribution < -0.4 is 9.47 Å². The highest BCUT2D eigenvalue weighted by Gasteiger charge is 2.29. The first kappa shape index (κ1) is 25.7. The van der Waals surface area contributed by atoms with Crippen molar-refractivity contribution in [1.29, 1.82) is 0 Å². The number of pyridine rings is 1. The van der Waals surface area contributed by atoms with E-state index >= 15 is 4.39 Å². The number of alkyl halides is 1. The Morgan fingerprint density at radius 2 is 1.86 bits per heavy atom. The number of hydrogen-bond donors (Lipinski definition) is 1. The molecule has 0 bridgehead atoms. The maximum atomic E-state index is 15.4. The molecule has 2 aromatic carbocycles. The fourth-order valence-electron chi connectivity index (χ4n) is 4.97. The van der Waals surface area contributed by atoms with Crippen LogP contribution in [0.4, 0.5) is 4.39 Å². The lowest BCUT2D eigenvalue weighted by atomic mass is 9.81. The summed E-state index contributed by atoms with van der Waals surface area (Å²) in [5, 5.41) is 10.9. The van der Waals surface area contributed by atoms with Gasteiger partial charge in [-0.3, -0.25) is 4.98 Å². The topological polar surface area (TPSA) is 54.8 Å². The summed E-state index contributed by atoms with van der Waals surface area (Å²) in [6.07, 6.45) is 2.83. The standard InChI is InChI=1S/C28H35FN2O3S/c1-33-22-4-7-24(8-5-22)35-16-15-31-14-12-20(21(18-31)19-32)3-9-27(29)25-11-13-30-28-10-6-23(34-2)17-26(25)28/h4-8,10-11,13,17,20-21,27,32H,3,9,12,14-16,18-19H2,1-2H3/t20-,21-,27-/m1/s1. The fraction of sp³-hybridized carbons (Fsp3) is 0.464. The van der Waals surface area contributed by atoms with E-state index in [1.54, 1.807) is 26.5 Å². The molecule has 4 rings (SSSR count). The number of thioether (sulfide) groups is 1. The molecule has 7 heteroatoms. The van der Waals surface area contributed by atoms with Gasteiger partial charge in [0.2, 0.25) is 0 Å². The number of aliphatic hydroxyl groups is 1. The molecule has 5 nitrogen and oxygen atoms in total. The van der Waals surface area contributed by atoms with Crippen molar-refractivity contribution in [3.8, 4) is 11.5 Å². The monoisotopic (exact) mass is 498 g/mol. The van der Waals surface area contributed by atoms with Crippen LogP contribution in [0, 0.1) is 11.8 Å². The molecule has 0 amide bonds. The quantitative estimate of drug-likeness (QED) is 0.339. The fourth-order valence-corrected chi connectivity index (χ4v) is 5.89. The number of likely N-dealkylation sites (tertiary alicyclic amines) is 1. The third-order valence-electron chi connectivity index (χ3n) is 7.06. The van der Waals surface area contributed by atoms with Crippen molar-refractivity contribution in [2.45, 2.75) is 30.3 Å². The van der Waals surface area contributed by atoms with E-state index in [9.17, 15) is 5.11 Å². The number of ether oxygens (including phenoxy) is 2. The largest absolute Gasteiger partial charge is 0.497 e. The predicted molar refractivity (Wildman–Crippen MR) is 140 cm³/mol. The molecule has 0 aliphatic carbocycles. The predicted octanol–water partition coefficient (Wildman–Crippen LogP) is 5.77. The zero-order valence-electron chi connectivity index (χ0n) is 20.5. The van der Waals surface area contributed by atoms with Crippen LogP contribution in [0.25, 0.3) is 10.9 Å². The minimum atomic E-state index is -1.06. The van der Waals surface area contributed by atoms with Crippen LogP contribution in [-0.4, -0.2) is 61.2 Å². The third-order valence-corrected chi connectivity index (χ3v) is 8.05. The Bertz CT molecular complexity index is 1080. The molecule has 0 spiro atoms. The number of hydrogen-bond acceptors (Lipinski definition) is 6. The highest BCUT2D eigenvalue weighted by Crippen LogP contribution is 2.35. The Morgan fingerprint density at radius 3 is 2.60 bits per heavy atom. The zero-order chi connectivity index (χ0) is 24.6. The summed E-state index contributed by atoms with van der Waals surface area (Å²) in [6.45, 7) is 3.00. The van der Waals surface area contributed by atoms with Gasteiger partial charge in [-0.05, 0) is 91.7 Å². The Balaban J connectivity index is 1.28. The molecule has 0 radical (unpaired) electrons. The van der Waals surface area contributed by atoms with Gasteiger partial charge in [0, 0.05) is 41.9 Å². The number of aliphatic hydroxyl groups excluding tert-OH is 1. The SMILES string of the molecule is COc1ccc(SCCN2CC[C@@H](CC[C@@H](F)c3ccnc4ccc(OC)cc34)[C@@H](CO)C2)cc1. The summed E-state index contributed by atoms with van der Waals surface area (Å²) >= 11 is 1.83. The van der Waals surface area contributed by atoms with Crippen LogP contribution in [0.5, 0.6) is 11.5 Å². The van der Waals surface area contributed by atoms with Gasteiger partial charge in [0.1, 0.15) is 17.7 Å². The molecule has 1 aromatic heterocycles. The number of nitrogens with zero attached hydrogens (tertiary/aromatic N) is 2. The van der Waals surface area contributed by atoms with Gasteiger partial charge in [-0.1, -0.05) is 0 Å². The zero-order valence-corrected chi connectivity index (χ0v) is 21.3. The lowest BCUT2D eigenvalue weighted by Gasteiger charge is -2.38. The van der Waals surface area contributed by atoms with E-state index in [1.807, 2.05) is 42.1 Å². The summed E-state index contributed by atoms with van der Waals surface area (Å²) in [5.41, 5.74) is 1.45. The van der Waals surface area contributed by atoms with Crippen LogP contribution in [0.1, 0.15) is 31.0 Å². The van der Waals surface area contributed by atoms with Crippen molar-refractivity contribution in [2.24, 2.45) is 11.8 Å². The molecule has 2 heterocycles. The molecule has 1 N–H and O–H groups in total. The second kappa shape index (κ2) is 12.6. The highest BCUT2D eigenvalue weighted by molar-refractivity contribution is 7.99. The van der Waals surface area contributed by atoms with Crippen LogP contribution in [0.2, 0.25) is 0 Å². The van der Waals surface area contributed by atoms with Gasteiger partial charge in [0.15, 0.2) is 0 Å². The van der Waals surface area contributed by atoms with E-state index in [0.717, 1.165) is 54.9 Å². The summed E-state index contributed by atoms with van der Waals surface area (Å²) < 4.78 is 25.9. The molecule has 188 valence electrons. The second-order valence-corrected chi connectivity index (χ2v) is 10.3. The van der Waals surface area contributed by atoms with Crippen LogP contribution in [0.3, 0.4) is 0 Å². The maximum Gasteiger partial charge on any atom is 0.126 e. The van der Waals surface area contributed by atoms with Gasteiger partial charge in [-0.25, -0.2) is 4.39 Å². The Morgan fingerprint density at radius 1 is 1.09 bits per heavy atom. The number of fused-ring (bicyclic) bond motifs is 1. The average Bonchev–Trinajstić information content (AvgIpc) is 2.91. The number of halogens is 1. The van der Waals surface area contributed by atoms with E-state index in [4.69, 9.17) is 9.47 Å².